The van der Waals surface area contributed by atoms with Gasteiger partial charge in [-0.3, -0.25) is 0 Å². The van der Waals surface area contributed by atoms with Crippen LogP contribution in [0.1, 0.15) is 91.4 Å². The molecular weight excluding hydrogens is 340 g/mol. The molecule has 156 valence electrons. The maximum absolute atomic E-state index is 10.0. The van der Waals surface area contributed by atoms with E-state index in [0.29, 0.717) is 5.41 Å². The molecule has 0 spiro atoms. The highest BCUT2D eigenvalue weighted by atomic mass is 16.3. The van der Waals surface area contributed by atoms with Crippen LogP contribution in [0, 0.1) is 23.2 Å². The maximum Gasteiger partial charge on any atom is 0.0583 e. The Morgan fingerprint density at radius 1 is 1.25 bits per heavy atom. The first-order valence-electron chi connectivity index (χ1n) is 11.7. The van der Waals surface area contributed by atoms with E-state index in [2.05, 4.69) is 46.1 Å². The Labute approximate surface area is 173 Å². The Bertz CT molecular complexity index is 651. The van der Waals surface area contributed by atoms with E-state index >= 15 is 0 Å². The zero-order valence-electron chi connectivity index (χ0n) is 18.6. The van der Waals surface area contributed by atoms with Crippen LogP contribution in [0.15, 0.2) is 47.6 Å². The molecule has 0 radical (unpaired) electrons. The van der Waals surface area contributed by atoms with Crippen LogP contribution in [0.3, 0.4) is 0 Å². The zero-order chi connectivity index (χ0) is 20.3. The van der Waals surface area contributed by atoms with E-state index in [1.54, 1.807) is 5.57 Å². The predicted octanol–water partition coefficient (Wildman–Crippen LogP) is 7.54. The zero-order valence-corrected chi connectivity index (χ0v) is 18.6. The van der Waals surface area contributed by atoms with Gasteiger partial charge in [-0.15, -0.1) is 6.58 Å². The number of hydrogen-bond acceptors (Lipinski definition) is 1. The van der Waals surface area contributed by atoms with Crippen LogP contribution < -0.4 is 0 Å². The Morgan fingerprint density at radius 2 is 2.04 bits per heavy atom. The van der Waals surface area contributed by atoms with Gasteiger partial charge in [0.25, 0.3) is 0 Å². The van der Waals surface area contributed by atoms with Crippen molar-refractivity contribution in [1.82, 2.24) is 0 Å². The lowest BCUT2D eigenvalue weighted by atomic mass is 9.60. The number of fused-ring (bicyclic) bond motifs is 1. The molecule has 3 fully saturated rings. The van der Waals surface area contributed by atoms with Gasteiger partial charge in [0.1, 0.15) is 0 Å². The van der Waals surface area contributed by atoms with Gasteiger partial charge in [-0.2, -0.15) is 0 Å². The van der Waals surface area contributed by atoms with Crippen molar-refractivity contribution in [3.63, 3.8) is 0 Å². The molecule has 1 heteroatoms. The van der Waals surface area contributed by atoms with Crippen molar-refractivity contribution < 1.29 is 5.11 Å². The lowest BCUT2D eigenvalue weighted by molar-refractivity contribution is 0.0935. The van der Waals surface area contributed by atoms with Crippen LogP contribution in [-0.2, 0) is 0 Å². The third-order valence-electron chi connectivity index (χ3n) is 8.18. The molecule has 0 aromatic rings. The summed E-state index contributed by atoms with van der Waals surface area (Å²) >= 11 is 0. The lowest BCUT2D eigenvalue weighted by Gasteiger charge is -2.44. The molecule has 5 atom stereocenters. The smallest absolute Gasteiger partial charge is 0.0583 e. The van der Waals surface area contributed by atoms with Gasteiger partial charge in [-0.05, 0) is 99.9 Å². The van der Waals surface area contributed by atoms with E-state index in [0.717, 1.165) is 37.0 Å². The minimum Gasteiger partial charge on any atom is -0.393 e. The van der Waals surface area contributed by atoms with Crippen LogP contribution in [0.25, 0.3) is 0 Å². The first-order valence-corrected chi connectivity index (χ1v) is 11.7. The molecule has 2 unspecified atom stereocenters. The van der Waals surface area contributed by atoms with Crippen molar-refractivity contribution in [2.24, 2.45) is 23.2 Å². The molecule has 0 aliphatic heterocycles. The highest BCUT2D eigenvalue weighted by Crippen LogP contribution is 2.59. The van der Waals surface area contributed by atoms with Crippen LogP contribution in [-0.4, -0.2) is 11.2 Å². The van der Waals surface area contributed by atoms with Crippen molar-refractivity contribution in [2.75, 3.05) is 0 Å². The van der Waals surface area contributed by atoms with E-state index in [9.17, 15) is 5.11 Å². The van der Waals surface area contributed by atoms with Gasteiger partial charge >= 0.3 is 0 Å². The number of allylic oxidation sites excluding steroid dienone is 5. The molecule has 3 aliphatic rings. The van der Waals surface area contributed by atoms with Crippen LogP contribution in [0.5, 0.6) is 0 Å². The van der Waals surface area contributed by atoms with Gasteiger partial charge in [-0.25, -0.2) is 0 Å². The summed E-state index contributed by atoms with van der Waals surface area (Å²) in [6.07, 6.45) is 17.7. The molecule has 0 saturated heterocycles. The largest absolute Gasteiger partial charge is 0.393 e. The normalized spacial score (nSPS) is 37.3. The van der Waals surface area contributed by atoms with Gasteiger partial charge in [-0.1, -0.05) is 55.7 Å². The quantitative estimate of drug-likeness (QED) is 0.470. The lowest BCUT2D eigenvalue weighted by Crippen LogP contribution is -2.36. The molecule has 0 heterocycles. The third kappa shape index (κ3) is 4.73. The van der Waals surface area contributed by atoms with E-state index in [-0.39, 0.29) is 6.10 Å². The molecule has 0 aromatic carbocycles. The second-order valence-corrected chi connectivity index (χ2v) is 10.4. The first kappa shape index (κ1) is 21.6. The Hall–Kier alpha value is -1.08. The van der Waals surface area contributed by atoms with Gasteiger partial charge in [0, 0.05) is 0 Å². The molecular formula is C27H42O. The van der Waals surface area contributed by atoms with Crippen molar-refractivity contribution >= 4 is 0 Å². The van der Waals surface area contributed by atoms with Gasteiger partial charge in [0.05, 0.1) is 6.10 Å². The Morgan fingerprint density at radius 3 is 2.79 bits per heavy atom. The summed E-state index contributed by atoms with van der Waals surface area (Å²) in [7, 11) is 0. The SMILES string of the molecule is C=C(C)CCC[C@@H](C)C1CCC2/C(=C/C=C3/C[C@@H](O)CCC3=C)CCC[C@@]21C. The summed E-state index contributed by atoms with van der Waals surface area (Å²) in [5.41, 5.74) is 5.99. The fourth-order valence-corrected chi connectivity index (χ4v) is 6.54. The Balaban J connectivity index is 1.70. The standard InChI is InChI=1S/C27H42O/c1-19(2)8-6-9-21(4)25-15-16-26-22(10-7-17-27(25,26)5)12-13-23-18-24(28)14-11-20(23)3/h12-13,21,24-26,28H,1,3,6-11,14-18H2,2,4-5H3/b22-12+,23-13-/t21-,24+,25?,26?,27-/m1/s1. The topological polar surface area (TPSA) is 20.2 Å². The second-order valence-electron chi connectivity index (χ2n) is 10.4. The molecule has 1 N–H and O–H groups in total. The van der Waals surface area contributed by atoms with Crippen LogP contribution in [0.4, 0.5) is 0 Å². The molecule has 0 bridgehead atoms. The monoisotopic (exact) mass is 382 g/mol. The number of aliphatic hydroxyl groups is 1. The summed E-state index contributed by atoms with van der Waals surface area (Å²) in [4.78, 5) is 0. The fraction of sp³-hybridized carbons (Fsp3) is 0.704. The minimum absolute atomic E-state index is 0.178. The highest BCUT2D eigenvalue weighted by molar-refractivity contribution is 5.36. The average molecular weight is 383 g/mol. The molecule has 3 saturated carbocycles. The summed E-state index contributed by atoms with van der Waals surface area (Å²) in [6.45, 7) is 15.6. The number of aliphatic hydroxyl groups excluding tert-OH is 1. The summed E-state index contributed by atoms with van der Waals surface area (Å²) in [5.74, 6) is 2.44. The average Bonchev–Trinajstić information content (AvgIpc) is 2.99. The number of hydrogen-bond donors (Lipinski definition) is 1. The van der Waals surface area contributed by atoms with Gasteiger partial charge < -0.3 is 5.11 Å². The molecule has 28 heavy (non-hydrogen) atoms. The van der Waals surface area contributed by atoms with Crippen molar-refractivity contribution in [3.05, 3.63) is 47.6 Å². The van der Waals surface area contributed by atoms with Crippen molar-refractivity contribution in [1.29, 1.82) is 0 Å². The van der Waals surface area contributed by atoms with Crippen LogP contribution >= 0.6 is 0 Å². The summed E-state index contributed by atoms with van der Waals surface area (Å²) in [5, 5.41) is 10.0. The van der Waals surface area contributed by atoms with Gasteiger partial charge in [0.15, 0.2) is 0 Å². The van der Waals surface area contributed by atoms with Crippen molar-refractivity contribution in [2.45, 2.75) is 97.5 Å². The predicted molar refractivity (Wildman–Crippen MR) is 121 cm³/mol. The molecule has 0 aromatic heterocycles. The molecule has 0 amide bonds. The van der Waals surface area contributed by atoms with E-state index in [1.165, 1.54) is 68.1 Å². The van der Waals surface area contributed by atoms with E-state index in [4.69, 9.17) is 0 Å². The van der Waals surface area contributed by atoms with Crippen molar-refractivity contribution in [3.8, 4) is 0 Å². The molecule has 1 nitrogen and oxygen atoms in total. The van der Waals surface area contributed by atoms with Gasteiger partial charge in [0.2, 0.25) is 0 Å². The number of rotatable bonds is 6. The third-order valence-corrected chi connectivity index (χ3v) is 8.18. The first-order chi connectivity index (χ1) is 13.3. The maximum atomic E-state index is 10.0. The minimum atomic E-state index is -0.178. The van der Waals surface area contributed by atoms with Crippen LogP contribution in [0.2, 0.25) is 0 Å². The van der Waals surface area contributed by atoms with E-state index in [1.807, 2.05) is 0 Å². The summed E-state index contributed by atoms with van der Waals surface area (Å²) in [6, 6.07) is 0. The Kier molecular flexibility index (Phi) is 7.07. The molecule has 3 rings (SSSR count). The second kappa shape index (κ2) is 9.16. The highest BCUT2D eigenvalue weighted by Gasteiger charge is 2.50. The fourth-order valence-electron chi connectivity index (χ4n) is 6.54. The van der Waals surface area contributed by atoms with E-state index < -0.39 is 0 Å². The molecule has 3 aliphatic carbocycles. The summed E-state index contributed by atoms with van der Waals surface area (Å²) < 4.78 is 0.